The summed E-state index contributed by atoms with van der Waals surface area (Å²) in [6.45, 7) is 21.6. The molecule has 2 aromatic rings. The minimum atomic E-state index is -5.39. The number of amides is 3. The van der Waals surface area contributed by atoms with Crippen LogP contribution in [0.4, 0.5) is 13.2 Å². The number of aliphatic carboxylic acids is 1. The molecule has 40 heteroatoms. The van der Waals surface area contributed by atoms with Crippen LogP contribution in [0.25, 0.3) is 0 Å². The molecular formula is C71H112F3N3O32SSi. The first-order valence-electron chi connectivity index (χ1n) is 33.5. The summed E-state index contributed by atoms with van der Waals surface area (Å²) in [4.78, 5) is 148. The summed E-state index contributed by atoms with van der Waals surface area (Å²) in [6.07, 6.45) is -7.96. The highest BCUT2D eigenvalue weighted by molar-refractivity contribution is 7.88. The van der Waals surface area contributed by atoms with Crippen LogP contribution in [0.15, 0.2) is 60.7 Å². The molecule has 0 saturated carbocycles. The summed E-state index contributed by atoms with van der Waals surface area (Å²) in [5.74, 6) is -8.09. The maximum Gasteiger partial charge on any atom is 0.522 e. The van der Waals surface area contributed by atoms with Crippen molar-refractivity contribution in [2.45, 2.75) is 244 Å². The first-order chi connectivity index (χ1) is 50.2. The highest BCUT2D eigenvalue weighted by Crippen LogP contribution is 2.33. The number of rotatable bonds is 29. The molecule has 3 aliphatic heterocycles. The first kappa shape index (κ1) is 106. The molecule has 15 atom stereocenters. The number of halogens is 3. The minimum Gasteiger partial charge on any atom is -0.481 e. The number of hydrogen-bond donors (Lipinski definition) is 5. The lowest BCUT2D eigenvalue weighted by Crippen LogP contribution is -2.63. The fourth-order valence-corrected chi connectivity index (χ4v) is 12.8. The number of aliphatic hydroxyl groups is 1. The maximum absolute atomic E-state index is 12.1. The van der Waals surface area contributed by atoms with E-state index in [1.807, 2.05) is 60.7 Å². The second-order valence-corrected chi connectivity index (χ2v) is 31.4. The molecule has 3 aliphatic rings. The molecule has 0 aliphatic carbocycles. The molecule has 3 saturated heterocycles. The van der Waals surface area contributed by atoms with Crippen molar-refractivity contribution in [2.24, 2.45) is 17.8 Å². The van der Waals surface area contributed by atoms with Gasteiger partial charge in [-0.25, -0.2) is 0 Å². The number of alkyl halides is 3. The number of aliphatic hydroxyl groups excluding tert-OH is 1. The van der Waals surface area contributed by atoms with Gasteiger partial charge in [0.15, 0.2) is 12.6 Å². The van der Waals surface area contributed by atoms with Gasteiger partial charge in [-0.15, -0.1) is 0 Å². The molecule has 634 valence electrons. The summed E-state index contributed by atoms with van der Waals surface area (Å²) in [5, 5.41) is 25.1. The zero-order valence-corrected chi connectivity index (χ0v) is 64.7. The van der Waals surface area contributed by atoms with E-state index in [4.69, 9.17) is 76.5 Å². The molecule has 3 amide bonds. The Morgan fingerprint density at radius 2 is 0.748 bits per heavy atom. The van der Waals surface area contributed by atoms with Crippen molar-refractivity contribution in [1.29, 1.82) is 0 Å². The van der Waals surface area contributed by atoms with Gasteiger partial charge in [-0.3, -0.25) is 62.3 Å². The predicted octanol–water partition coefficient (Wildman–Crippen LogP) is 5.95. The lowest BCUT2D eigenvalue weighted by molar-refractivity contribution is -0.260. The number of nitrogens with one attached hydrogen (secondary N) is 3. The topological polar surface area (TPSA) is 471 Å². The van der Waals surface area contributed by atoms with E-state index >= 15 is 0 Å². The third kappa shape index (κ3) is 44.2. The van der Waals surface area contributed by atoms with Gasteiger partial charge in [-0.2, -0.15) is 21.6 Å². The minimum absolute atomic E-state index is 0. The Hall–Kier alpha value is -8.77. The van der Waals surface area contributed by atoms with Gasteiger partial charge >= 0.3 is 75.3 Å². The number of carbonyl (C=O) groups is 13. The van der Waals surface area contributed by atoms with Gasteiger partial charge in [0.2, 0.25) is 32.3 Å². The van der Waals surface area contributed by atoms with Crippen molar-refractivity contribution in [2.75, 3.05) is 39.6 Å². The van der Waals surface area contributed by atoms with E-state index in [1.165, 1.54) is 88.9 Å². The average molecular weight is 1640 g/mol. The molecule has 5 N–H and O–H groups in total. The molecule has 0 radical (unpaired) electrons. The van der Waals surface area contributed by atoms with E-state index in [1.54, 1.807) is 20.8 Å². The summed E-state index contributed by atoms with van der Waals surface area (Å²) >= 11 is 0. The molecule has 0 spiro atoms. The molecular weight excluding hydrogens is 1520 g/mol. The molecule has 0 aromatic heterocycles. The van der Waals surface area contributed by atoms with Crippen LogP contribution in [0.5, 0.6) is 0 Å². The second kappa shape index (κ2) is 53.2. The first-order valence-corrected chi connectivity index (χ1v) is 38.3. The second-order valence-electron chi connectivity index (χ2n) is 25.1. The van der Waals surface area contributed by atoms with Crippen molar-refractivity contribution in [1.82, 2.24) is 16.0 Å². The monoisotopic (exact) mass is 1640 g/mol. The molecule has 3 fully saturated rings. The predicted molar refractivity (Wildman–Crippen MR) is 387 cm³/mol. The van der Waals surface area contributed by atoms with Crippen LogP contribution < -0.4 is 16.0 Å². The molecule has 2 aromatic carbocycles. The lowest BCUT2D eigenvalue weighted by Gasteiger charge is -2.44. The number of esters is 9. The molecule has 35 nitrogen and oxygen atoms in total. The Morgan fingerprint density at radius 1 is 0.450 bits per heavy atom. The van der Waals surface area contributed by atoms with Gasteiger partial charge in [-0.1, -0.05) is 104 Å². The van der Waals surface area contributed by atoms with Crippen LogP contribution >= 0.6 is 0 Å². The fourth-order valence-electron chi connectivity index (χ4n) is 9.83. The van der Waals surface area contributed by atoms with E-state index in [0.717, 1.165) is 11.1 Å². The van der Waals surface area contributed by atoms with Crippen LogP contribution in [0.1, 0.15) is 143 Å². The van der Waals surface area contributed by atoms with Crippen LogP contribution in [0.2, 0.25) is 19.6 Å². The Kier molecular flexibility index (Phi) is 51.0. The van der Waals surface area contributed by atoms with Gasteiger partial charge in [0, 0.05) is 87.0 Å². The molecule has 3 heterocycles. The lowest BCUT2D eigenvalue weighted by atomic mass is 9.89. The molecule has 5 rings (SSSR count). The summed E-state index contributed by atoms with van der Waals surface area (Å²) in [5.41, 5.74) is -3.50. The largest absolute Gasteiger partial charge is 0.522 e. The van der Waals surface area contributed by atoms with Crippen molar-refractivity contribution >= 4 is 95.9 Å². The van der Waals surface area contributed by atoms with E-state index in [-0.39, 0.29) is 106 Å². The number of carboxylic acids is 1. The number of ether oxygens (including phenoxy) is 14. The zero-order chi connectivity index (χ0) is 82.4. The van der Waals surface area contributed by atoms with E-state index in [2.05, 4.69) is 19.8 Å². The molecule has 0 bridgehead atoms. The van der Waals surface area contributed by atoms with Crippen molar-refractivity contribution < 1.29 is 164 Å². The van der Waals surface area contributed by atoms with Gasteiger partial charge in [0.05, 0.1) is 39.1 Å². The number of benzene rings is 2. The van der Waals surface area contributed by atoms with Crippen LogP contribution in [0.3, 0.4) is 0 Å². The van der Waals surface area contributed by atoms with E-state index in [9.17, 15) is 83.9 Å². The van der Waals surface area contributed by atoms with Crippen LogP contribution in [-0.2, 0) is 156 Å². The van der Waals surface area contributed by atoms with Crippen molar-refractivity contribution in [3.05, 3.63) is 71.8 Å². The third-order valence-corrected chi connectivity index (χ3v) is 17.9. The van der Waals surface area contributed by atoms with Gasteiger partial charge in [0.25, 0.3) is 0 Å². The number of carboxylic acid groups (broad SMARTS) is 1. The zero-order valence-electron chi connectivity index (χ0n) is 62.9. The quantitative estimate of drug-likeness (QED) is 0.0272. The summed E-state index contributed by atoms with van der Waals surface area (Å²) < 4.78 is 135. The maximum atomic E-state index is 12.1. The summed E-state index contributed by atoms with van der Waals surface area (Å²) in [7, 11) is -8.10. The molecule has 1 unspecified atom stereocenters. The summed E-state index contributed by atoms with van der Waals surface area (Å²) in [6, 6.07) is 16.1. The average Bonchev–Trinajstić information content (AvgIpc) is 0.812. The van der Waals surface area contributed by atoms with Crippen LogP contribution in [0, 0.1) is 17.8 Å². The Balaban J connectivity index is -0.00000136. The van der Waals surface area contributed by atoms with Crippen LogP contribution in [-0.4, -0.2) is 223 Å². The van der Waals surface area contributed by atoms with Gasteiger partial charge in [-0.05, 0) is 30.8 Å². The van der Waals surface area contributed by atoms with E-state index < -0.39 is 181 Å². The van der Waals surface area contributed by atoms with Gasteiger partial charge in [0.1, 0.15) is 87.8 Å². The number of hydrogen-bond acceptors (Lipinski definition) is 31. The Labute approximate surface area is 646 Å². The Bertz CT molecular complexity index is 3340. The molecule has 111 heavy (non-hydrogen) atoms. The van der Waals surface area contributed by atoms with E-state index in [0.29, 0.717) is 0 Å². The third-order valence-electron chi connectivity index (χ3n) is 14.5. The Morgan fingerprint density at radius 3 is 1.01 bits per heavy atom. The highest BCUT2D eigenvalue weighted by atomic mass is 32.2. The van der Waals surface area contributed by atoms with Gasteiger partial charge < -0.3 is 96.4 Å². The van der Waals surface area contributed by atoms with Crippen molar-refractivity contribution in [3.63, 3.8) is 0 Å². The number of carbonyl (C=O) groups excluding carboxylic acids is 12. The van der Waals surface area contributed by atoms with Crippen molar-refractivity contribution in [3.8, 4) is 0 Å². The SMILES string of the molecule is C.C.C.CC(=O)N[C@H]1C(OC(C)=O)O[C@H](COC(C)=O)[C@H](C)[C@@H]1OC(C)=O.CC(=O)N[C@H]1[C@H](OCCC(=O)O)O[C@H](COC(C)=O)[C@H](C)[C@@H]1OC(C)=O.CC(=O)N[C@H]1[C@H](OCCC(=O)OCc2ccccc2)O[C@H](COC(C)=O)[C@H](C)[C@@H]1OC(C)=O.C[Si](C)(C)OS(=O)(=O)C(F)(F)F.O=C(CCO)OCc1ccccc1. The standard InChI is InChI=1S/C23H31NO9.C16H25NO9.C15H23NO8.C10H12O3.C4H9F3O3SSi.3CH4/c1-14-19(13-30-16(3)26)33-23(21(24-15(2)25)22(14)32-17(4)27)29-11-10-20(28)31-12-18-8-6-5-7-9-18;1-8-12(7-24-10(3)19)26-16(23-6-5-13(21)22)14(17-9(2)18)15(8)25-11(4)20;1-7-12(6-21-9(3)18)24-15(23-11(5)20)13(16-8(2)17)14(7)22-10(4)19;11-7-6-10(12)13-8-9-4-2-1-3-5-9;1-12(2,3)10-11(8,9)4(5,6)7;;;/h5-9,14,19,21-23H,10-13H2,1-4H3,(H,24,25);8,12,14-16H,5-7H2,1-4H3,(H,17,18)(H,21,22);7,12-15H,6H2,1-5H3,(H,16,17);1-5,11H,6-8H2;1-3H3;3*1H4/t14-,19+,21+,22-,23+;8-,12+,14+,15-,16+;7-,12+,13+,14-,15?;;;;;/m000...../s1. The smallest absolute Gasteiger partial charge is 0.481 e. The highest BCUT2D eigenvalue weighted by Gasteiger charge is 2.52. The fraction of sp³-hybridized carbons (Fsp3) is 0.648. The normalized spacial score (nSPS) is 22.9.